The molecule has 1 N–H and O–H groups in total. The van der Waals surface area contributed by atoms with E-state index in [2.05, 4.69) is 39.9 Å². The van der Waals surface area contributed by atoms with Crippen molar-refractivity contribution in [3.05, 3.63) is 0 Å². The first-order valence-corrected chi connectivity index (χ1v) is 6.84. The van der Waals surface area contributed by atoms with Crippen LogP contribution in [0.5, 0.6) is 0 Å². The molecule has 0 saturated carbocycles. The molecule has 0 aromatic carbocycles. The van der Waals surface area contributed by atoms with Crippen molar-refractivity contribution in [2.45, 2.75) is 41.0 Å². The minimum absolute atomic E-state index is 0.202. The molecule has 0 unspecified atom stereocenters. The normalized spacial score (nSPS) is 12.4. The van der Waals surface area contributed by atoms with Crippen molar-refractivity contribution in [1.29, 1.82) is 0 Å². The third-order valence-electron chi connectivity index (χ3n) is 2.35. The summed E-state index contributed by atoms with van der Waals surface area (Å²) in [5.74, 6) is 0.602. The second-order valence-electron chi connectivity index (χ2n) is 5.86. The molecule has 0 atom stereocenters. The van der Waals surface area contributed by atoms with Crippen molar-refractivity contribution < 1.29 is 9.47 Å². The van der Waals surface area contributed by atoms with Gasteiger partial charge in [-0.25, -0.2) is 0 Å². The first-order valence-electron chi connectivity index (χ1n) is 6.84. The zero-order valence-corrected chi connectivity index (χ0v) is 12.3. The van der Waals surface area contributed by atoms with Crippen molar-refractivity contribution in [3.63, 3.8) is 0 Å². The van der Waals surface area contributed by atoms with Crippen LogP contribution in [0, 0.1) is 11.3 Å². The van der Waals surface area contributed by atoms with E-state index in [4.69, 9.17) is 9.47 Å². The lowest BCUT2D eigenvalue weighted by Crippen LogP contribution is -2.34. The Labute approximate surface area is 107 Å². The predicted molar refractivity (Wildman–Crippen MR) is 73.4 cm³/mol. The number of hydrogen-bond acceptors (Lipinski definition) is 3. The Kier molecular flexibility index (Phi) is 9.79. The smallest absolute Gasteiger partial charge is 0.0700 e. The molecule has 0 bridgehead atoms. The maximum atomic E-state index is 5.65. The monoisotopic (exact) mass is 245 g/mol. The predicted octanol–water partition coefficient (Wildman–Crippen LogP) is 2.70. The maximum absolute atomic E-state index is 5.65. The Morgan fingerprint density at radius 3 is 2.35 bits per heavy atom. The zero-order chi connectivity index (χ0) is 13.1. The average Bonchev–Trinajstić information content (AvgIpc) is 2.23. The van der Waals surface area contributed by atoms with Gasteiger partial charge in [-0.1, -0.05) is 34.6 Å². The van der Waals surface area contributed by atoms with Crippen LogP contribution in [0.3, 0.4) is 0 Å². The molecule has 0 amide bonds. The third kappa shape index (κ3) is 12.1. The number of nitrogens with one attached hydrogen (secondary N) is 1. The quantitative estimate of drug-likeness (QED) is 0.568. The van der Waals surface area contributed by atoms with Gasteiger partial charge in [0.1, 0.15) is 0 Å². The first kappa shape index (κ1) is 16.9. The molecule has 0 fully saturated rings. The van der Waals surface area contributed by atoms with Crippen LogP contribution in [0.2, 0.25) is 0 Å². The SMILES string of the molecule is CCCNCC(C)(C)COCCOCC(C)C. The molecule has 0 saturated heterocycles. The van der Waals surface area contributed by atoms with E-state index in [0.717, 1.165) is 26.3 Å². The van der Waals surface area contributed by atoms with Crippen LogP contribution in [0.1, 0.15) is 41.0 Å². The van der Waals surface area contributed by atoms with Gasteiger partial charge >= 0.3 is 0 Å². The van der Waals surface area contributed by atoms with E-state index in [9.17, 15) is 0 Å². The molecule has 0 heterocycles. The summed E-state index contributed by atoms with van der Waals surface area (Å²) in [6, 6.07) is 0. The topological polar surface area (TPSA) is 30.5 Å². The largest absolute Gasteiger partial charge is 0.379 e. The Morgan fingerprint density at radius 2 is 1.76 bits per heavy atom. The van der Waals surface area contributed by atoms with E-state index in [1.807, 2.05) is 0 Å². The zero-order valence-electron chi connectivity index (χ0n) is 12.3. The summed E-state index contributed by atoms with van der Waals surface area (Å²) in [6.45, 7) is 16.1. The van der Waals surface area contributed by atoms with Gasteiger partial charge in [-0.2, -0.15) is 0 Å². The third-order valence-corrected chi connectivity index (χ3v) is 2.35. The maximum Gasteiger partial charge on any atom is 0.0700 e. The minimum Gasteiger partial charge on any atom is -0.379 e. The number of rotatable bonds is 11. The molecule has 0 aromatic rings. The van der Waals surface area contributed by atoms with Gasteiger partial charge in [0.15, 0.2) is 0 Å². The lowest BCUT2D eigenvalue weighted by Gasteiger charge is -2.24. The van der Waals surface area contributed by atoms with Crippen LogP contribution in [-0.2, 0) is 9.47 Å². The number of ether oxygens (including phenoxy) is 2. The van der Waals surface area contributed by atoms with E-state index in [-0.39, 0.29) is 5.41 Å². The molecular weight excluding hydrogens is 214 g/mol. The second-order valence-corrected chi connectivity index (χ2v) is 5.86. The summed E-state index contributed by atoms with van der Waals surface area (Å²) in [5, 5.41) is 3.43. The summed E-state index contributed by atoms with van der Waals surface area (Å²) in [4.78, 5) is 0. The molecule has 0 aromatic heterocycles. The van der Waals surface area contributed by atoms with Crippen LogP contribution in [0.4, 0.5) is 0 Å². The fraction of sp³-hybridized carbons (Fsp3) is 1.00. The van der Waals surface area contributed by atoms with E-state index in [1.165, 1.54) is 6.42 Å². The molecule has 0 aliphatic carbocycles. The Morgan fingerprint density at radius 1 is 1.12 bits per heavy atom. The fourth-order valence-corrected chi connectivity index (χ4v) is 1.44. The highest BCUT2D eigenvalue weighted by Crippen LogP contribution is 2.13. The van der Waals surface area contributed by atoms with E-state index in [1.54, 1.807) is 0 Å². The van der Waals surface area contributed by atoms with Crippen molar-refractivity contribution >= 4 is 0 Å². The first-order chi connectivity index (χ1) is 7.98. The molecule has 104 valence electrons. The van der Waals surface area contributed by atoms with E-state index < -0.39 is 0 Å². The molecular formula is C14H31NO2. The van der Waals surface area contributed by atoms with Crippen molar-refractivity contribution in [2.24, 2.45) is 11.3 Å². The van der Waals surface area contributed by atoms with Gasteiger partial charge in [-0.3, -0.25) is 0 Å². The van der Waals surface area contributed by atoms with Gasteiger partial charge in [0.2, 0.25) is 0 Å². The van der Waals surface area contributed by atoms with Crippen LogP contribution in [0.25, 0.3) is 0 Å². The van der Waals surface area contributed by atoms with Crippen molar-refractivity contribution in [2.75, 3.05) is 39.5 Å². The molecule has 3 nitrogen and oxygen atoms in total. The molecule has 0 aliphatic rings. The standard InChI is InChI=1S/C14H31NO2/c1-6-7-15-11-14(4,5)12-17-9-8-16-10-13(2)3/h13,15H,6-12H2,1-5H3. The van der Waals surface area contributed by atoms with Gasteiger partial charge in [-0.05, 0) is 18.9 Å². The summed E-state index contributed by atoms with van der Waals surface area (Å²) in [5.41, 5.74) is 0.202. The van der Waals surface area contributed by atoms with Crippen LogP contribution in [0.15, 0.2) is 0 Å². The van der Waals surface area contributed by atoms with Crippen LogP contribution < -0.4 is 5.32 Å². The van der Waals surface area contributed by atoms with Gasteiger partial charge in [0, 0.05) is 18.6 Å². The summed E-state index contributed by atoms with van der Waals surface area (Å²) >= 11 is 0. The van der Waals surface area contributed by atoms with Crippen LogP contribution in [-0.4, -0.2) is 39.5 Å². The molecule has 0 aliphatic heterocycles. The van der Waals surface area contributed by atoms with Gasteiger partial charge in [0.25, 0.3) is 0 Å². The highest BCUT2D eigenvalue weighted by molar-refractivity contribution is 4.70. The Hall–Kier alpha value is -0.120. The molecule has 3 heteroatoms. The van der Waals surface area contributed by atoms with Crippen molar-refractivity contribution in [1.82, 2.24) is 5.32 Å². The molecule has 0 radical (unpaired) electrons. The van der Waals surface area contributed by atoms with Crippen LogP contribution >= 0.6 is 0 Å². The molecule has 0 rings (SSSR count). The number of hydrogen-bond donors (Lipinski definition) is 1. The summed E-state index contributed by atoms with van der Waals surface area (Å²) in [6.07, 6.45) is 1.18. The summed E-state index contributed by atoms with van der Waals surface area (Å²) < 4.78 is 11.1. The van der Waals surface area contributed by atoms with E-state index in [0.29, 0.717) is 19.1 Å². The average molecular weight is 245 g/mol. The van der Waals surface area contributed by atoms with E-state index >= 15 is 0 Å². The van der Waals surface area contributed by atoms with Gasteiger partial charge in [-0.15, -0.1) is 0 Å². The van der Waals surface area contributed by atoms with Gasteiger partial charge < -0.3 is 14.8 Å². The van der Waals surface area contributed by atoms with Crippen molar-refractivity contribution in [3.8, 4) is 0 Å². The fourth-order valence-electron chi connectivity index (χ4n) is 1.44. The Bertz CT molecular complexity index is 170. The molecule has 17 heavy (non-hydrogen) atoms. The molecule has 0 spiro atoms. The second kappa shape index (κ2) is 9.86. The lowest BCUT2D eigenvalue weighted by molar-refractivity contribution is 0.00917. The lowest BCUT2D eigenvalue weighted by atomic mass is 9.95. The summed E-state index contributed by atoms with van der Waals surface area (Å²) in [7, 11) is 0. The van der Waals surface area contributed by atoms with Gasteiger partial charge in [0.05, 0.1) is 19.8 Å². The highest BCUT2D eigenvalue weighted by Gasteiger charge is 2.17. The minimum atomic E-state index is 0.202. The highest BCUT2D eigenvalue weighted by atomic mass is 16.5. The Balaban J connectivity index is 3.38.